The van der Waals surface area contributed by atoms with E-state index in [4.69, 9.17) is 0 Å². The van der Waals surface area contributed by atoms with Crippen molar-refractivity contribution < 1.29 is 0 Å². The summed E-state index contributed by atoms with van der Waals surface area (Å²) in [7, 11) is -0.0622. The molecule has 0 radical (unpaired) electrons. The minimum Gasteiger partial charge on any atom is -0.0537 e. The van der Waals surface area contributed by atoms with Gasteiger partial charge in [0.25, 0.3) is 0 Å². The van der Waals surface area contributed by atoms with E-state index in [2.05, 4.69) is 72.8 Å². The van der Waals surface area contributed by atoms with Gasteiger partial charge in [-0.1, -0.05) is 55.7 Å². The monoisotopic (exact) mass is 665 g/mol. The maximum absolute atomic E-state index is 2.58. The normalized spacial score (nSPS) is 45.7. The molecule has 9 saturated carbocycles. The van der Waals surface area contributed by atoms with Crippen LogP contribution in [0.5, 0.6) is 0 Å². The highest BCUT2D eigenvalue weighted by Crippen LogP contribution is 2.66. The first-order valence-electron chi connectivity index (χ1n) is 21.3. The van der Waals surface area contributed by atoms with E-state index in [1.807, 2.05) is 0 Å². The quantitative estimate of drug-likeness (QED) is 0.230. The SMILES string of the molecule is c1cc([S+](c2ccc(C3CC4CC3C3CCCC43)cc2)c2ccc(C3CC4CC3C3CCCC43)cc2)ccc1C1CC2CC1C1CCCC21. The first kappa shape index (κ1) is 29.6. The smallest absolute Gasteiger partial charge is 0.0537 e. The molecule has 6 bridgehead atoms. The van der Waals surface area contributed by atoms with Crippen LogP contribution in [-0.2, 0) is 10.9 Å². The van der Waals surface area contributed by atoms with Crippen molar-refractivity contribution in [3.05, 3.63) is 89.5 Å². The summed E-state index contributed by atoms with van der Waals surface area (Å²) < 4.78 is 0. The van der Waals surface area contributed by atoms with Crippen molar-refractivity contribution in [3.63, 3.8) is 0 Å². The zero-order valence-electron chi connectivity index (χ0n) is 29.6. The Labute approximate surface area is 299 Å². The molecule has 254 valence electrons. The lowest BCUT2D eigenvalue weighted by Gasteiger charge is -2.32. The zero-order chi connectivity index (χ0) is 31.8. The standard InChI is InChI=1S/C48H57S/c1-4-37-31-22-43(46(25-31)40(37)7-1)28-10-16-34(17-11-28)49(35-18-12-29(13-19-35)44-23-32-26-47(44)41-8-2-5-38(32)41)36-20-14-30(15-21-36)45-24-33-27-48(45)42-9-3-6-39(33)42/h10-21,31-33,37-48H,1-9,22-27H2/q+1. The maximum Gasteiger partial charge on any atom is 0.166 e. The van der Waals surface area contributed by atoms with Gasteiger partial charge in [-0.3, -0.25) is 0 Å². The molecule has 0 amide bonds. The fourth-order valence-electron chi connectivity index (χ4n) is 16.3. The molecule has 3 aromatic rings. The summed E-state index contributed by atoms with van der Waals surface area (Å²) >= 11 is 0. The summed E-state index contributed by atoms with van der Waals surface area (Å²) in [5.41, 5.74) is 4.96. The van der Waals surface area contributed by atoms with E-state index in [0.29, 0.717) is 0 Å². The minimum absolute atomic E-state index is 0.0622. The number of benzene rings is 3. The fourth-order valence-corrected chi connectivity index (χ4v) is 18.4. The Balaban J connectivity index is 0.850. The van der Waals surface area contributed by atoms with Gasteiger partial charge in [0.1, 0.15) is 0 Å². The summed E-state index contributed by atoms with van der Waals surface area (Å²) in [4.78, 5) is 4.57. The van der Waals surface area contributed by atoms with Crippen LogP contribution in [0, 0.1) is 71.0 Å². The van der Waals surface area contributed by atoms with Crippen LogP contribution in [0.25, 0.3) is 0 Å². The third-order valence-electron chi connectivity index (χ3n) is 17.9. The van der Waals surface area contributed by atoms with E-state index in [1.165, 1.54) is 111 Å². The fraction of sp³-hybridized carbons (Fsp3) is 0.625. The highest BCUT2D eigenvalue weighted by atomic mass is 32.2. The van der Waals surface area contributed by atoms with Crippen LogP contribution in [0.1, 0.15) is 131 Å². The molecule has 15 atom stereocenters. The lowest BCUT2D eigenvalue weighted by Crippen LogP contribution is -2.23. The molecule has 0 aliphatic heterocycles. The van der Waals surface area contributed by atoms with E-state index in [1.54, 1.807) is 16.7 Å². The molecule has 12 rings (SSSR count). The van der Waals surface area contributed by atoms with Gasteiger partial charge in [-0.05, 0) is 219 Å². The second-order valence-corrected chi connectivity index (χ2v) is 21.3. The Morgan fingerprint density at radius 2 is 0.592 bits per heavy atom. The van der Waals surface area contributed by atoms with Gasteiger partial charge in [0.05, 0.1) is 10.9 Å². The van der Waals surface area contributed by atoms with Crippen LogP contribution in [0.4, 0.5) is 0 Å². The molecular formula is C48H57S+. The topological polar surface area (TPSA) is 0 Å². The Morgan fingerprint density at radius 1 is 0.306 bits per heavy atom. The highest BCUT2D eigenvalue weighted by molar-refractivity contribution is 7.97. The van der Waals surface area contributed by atoms with Gasteiger partial charge >= 0.3 is 0 Å². The summed E-state index contributed by atoms with van der Waals surface area (Å²) in [5, 5.41) is 0. The molecule has 0 aromatic heterocycles. The van der Waals surface area contributed by atoms with Gasteiger partial charge in [-0.25, -0.2) is 0 Å². The van der Waals surface area contributed by atoms with Gasteiger partial charge in [-0.15, -0.1) is 0 Å². The first-order valence-corrected chi connectivity index (χ1v) is 22.5. The molecule has 9 aliphatic rings. The molecule has 9 fully saturated rings. The van der Waals surface area contributed by atoms with Crippen molar-refractivity contribution in [2.45, 2.75) is 129 Å². The molecule has 0 saturated heterocycles. The number of hydrogen-bond donors (Lipinski definition) is 0. The van der Waals surface area contributed by atoms with Crippen molar-refractivity contribution in [2.75, 3.05) is 0 Å². The summed E-state index contributed by atoms with van der Waals surface area (Å²) in [5.74, 6) is 14.8. The van der Waals surface area contributed by atoms with Crippen molar-refractivity contribution in [2.24, 2.45) is 71.0 Å². The Morgan fingerprint density at radius 3 is 0.898 bits per heavy atom. The molecule has 0 nitrogen and oxygen atoms in total. The third kappa shape index (κ3) is 4.42. The summed E-state index contributed by atoms with van der Waals surface area (Å²) in [6.45, 7) is 0. The predicted molar refractivity (Wildman–Crippen MR) is 201 cm³/mol. The van der Waals surface area contributed by atoms with Gasteiger partial charge in [0, 0.05) is 0 Å². The maximum atomic E-state index is 2.58. The van der Waals surface area contributed by atoms with Crippen molar-refractivity contribution in [1.82, 2.24) is 0 Å². The van der Waals surface area contributed by atoms with E-state index >= 15 is 0 Å². The zero-order valence-corrected chi connectivity index (χ0v) is 30.4. The Bertz CT molecular complexity index is 1500. The van der Waals surface area contributed by atoms with Crippen LogP contribution in [-0.4, -0.2) is 0 Å². The molecule has 9 aliphatic carbocycles. The van der Waals surface area contributed by atoms with E-state index in [-0.39, 0.29) is 10.9 Å². The van der Waals surface area contributed by atoms with Gasteiger partial charge in [0.2, 0.25) is 0 Å². The summed E-state index contributed by atoms with van der Waals surface area (Å²) in [6.07, 6.45) is 22.6. The van der Waals surface area contributed by atoms with Crippen molar-refractivity contribution in [1.29, 1.82) is 0 Å². The lowest BCUT2D eigenvalue weighted by atomic mass is 9.73. The third-order valence-corrected chi connectivity index (χ3v) is 20.1. The molecule has 15 unspecified atom stereocenters. The van der Waals surface area contributed by atoms with Crippen molar-refractivity contribution in [3.8, 4) is 0 Å². The number of fused-ring (bicyclic) bond motifs is 15. The van der Waals surface area contributed by atoms with E-state index in [9.17, 15) is 0 Å². The largest absolute Gasteiger partial charge is 0.166 e. The first-order chi connectivity index (χ1) is 24.2. The molecular weight excluding hydrogens is 609 g/mol. The molecule has 3 aromatic carbocycles. The second kappa shape index (κ2) is 11.3. The van der Waals surface area contributed by atoms with E-state index in [0.717, 1.165) is 88.8 Å². The predicted octanol–water partition coefficient (Wildman–Crippen LogP) is 12.4. The highest BCUT2D eigenvalue weighted by Gasteiger charge is 2.56. The van der Waals surface area contributed by atoms with Crippen LogP contribution >= 0.6 is 0 Å². The van der Waals surface area contributed by atoms with Crippen LogP contribution in [0.2, 0.25) is 0 Å². The second-order valence-electron chi connectivity index (χ2n) is 19.3. The van der Waals surface area contributed by atoms with Crippen LogP contribution in [0.15, 0.2) is 87.5 Å². The van der Waals surface area contributed by atoms with Gasteiger partial charge < -0.3 is 0 Å². The van der Waals surface area contributed by atoms with Crippen LogP contribution < -0.4 is 0 Å². The Hall–Kier alpha value is -1.99. The number of rotatable bonds is 6. The molecule has 0 N–H and O–H groups in total. The van der Waals surface area contributed by atoms with Crippen molar-refractivity contribution >= 4 is 10.9 Å². The lowest BCUT2D eigenvalue weighted by molar-refractivity contribution is 0.232. The molecule has 0 heterocycles. The molecule has 0 spiro atoms. The van der Waals surface area contributed by atoms with Crippen LogP contribution in [0.3, 0.4) is 0 Å². The Kier molecular flexibility index (Phi) is 6.79. The van der Waals surface area contributed by atoms with Gasteiger partial charge in [-0.2, -0.15) is 0 Å². The number of hydrogen-bond acceptors (Lipinski definition) is 0. The summed E-state index contributed by atoms with van der Waals surface area (Å²) in [6, 6.07) is 30.8. The van der Waals surface area contributed by atoms with Gasteiger partial charge in [0.15, 0.2) is 14.7 Å². The average molecular weight is 666 g/mol. The molecule has 49 heavy (non-hydrogen) atoms. The minimum atomic E-state index is -0.0622. The average Bonchev–Trinajstić information content (AvgIpc) is 3.99. The van der Waals surface area contributed by atoms with E-state index < -0.39 is 0 Å². The molecule has 1 heteroatoms.